The third-order valence-corrected chi connectivity index (χ3v) is 7.08. The molecule has 3 N–H and O–H groups in total. The van der Waals surface area contributed by atoms with Crippen LogP contribution in [0.1, 0.15) is 41.8 Å². The number of aliphatic hydroxyl groups excluding tert-OH is 1. The van der Waals surface area contributed by atoms with Gasteiger partial charge in [0.25, 0.3) is 5.95 Å². The van der Waals surface area contributed by atoms with Gasteiger partial charge in [-0.25, -0.2) is 9.97 Å². The van der Waals surface area contributed by atoms with Crippen LogP contribution >= 0.6 is 24.4 Å². The van der Waals surface area contributed by atoms with Crippen LogP contribution in [0, 0.1) is 11.3 Å². The van der Waals surface area contributed by atoms with Gasteiger partial charge < -0.3 is 9.84 Å². The van der Waals surface area contributed by atoms with E-state index < -0.39 is 9.58 Å². The van der Waals surface area contributed by atoms with Crippen molar-refractivity contribution in [2.24, 2.45) is 0 Å². The summed E-state index contributed by atoms with van der Waals surface area (Å²) in [5.41, 5.74) is 6.30. The number of β-amino-alcohol motifs (C(OH)–C–C–N with tert-alkyl or cyclic N) is 1. The highest BCUT2D eigenvalue weighted by molar-refractivity contribution is 7.74. The Balaban J connectivity index is 1.44. The molecule has 1 atom stereocenters. The van der Waals surface area contributed by atoms with Crippen LogP contribution in [0.15, 0.2) is 48.7 Å². The summed E-state index contributed by atoms with van der Waals surface area (Å²) in [6.45, 7) is 6.52. The fraction of sp³-hybridized carbons (Fsp3) is 0.370. The Morgan fingerprint density at radius 2 is 1.95 bits per heavy atom. The molecule has 0 radical (unpaired) electrons. The number of rotatable bonds is 10. The molecular weight excluding hydrogens is 524 g/mol. The van der Waals surface area contributed by atoms with Gasteiger partial charge in [-0.3, -0.25) is 4.90 Å². The Morgan fingerprint density at radius 1 is 1.24 bits per heavy atom. The Labute approximate surface area is 233 Å². The van der Waals surface area contributed by atoms with E-state index in [2.05, 4.69) is 53.0 Å². The SMILES string of the molecule is CC(C)(c1ccc(OCc2ccnc(N[N+](C)(O)S)n2)cc1)c1cc(Cl)c(CCN2CC(O)C2)c(C#N)c1. The van der Waals surface area contributed by atoms with Crippen LogP contribution in [0.5, 0.6) is 5.75 Å². The van der Waals surface area contributed by atoms with Crippen LogP contribution in [0.25, 0.3) is 0 Å². The van der Waals surface area contributed by atoms with Gasteiger partial charge >= 0.3 is 0 Å². The molecule has 0 saturated carbocycles. The van der Waals surface area contributed by atoms with E-state index in [9.17, 15) is 15.6 Å². The molecule has 3 aromatic rings. The second-order valence-electron chi connectivity index (χ2n) is 10.1. The van der Waals surface area contributed by atoms with Gasteiger partial charge in [0, 0.05) is 36.3 Å². The van der Waals surface area contributed by atoms with Crippen molar-refractivity contribution in [2.45, 2.75) is 38.4 Å². The fourth-order valence-corrected chi connectivity index (χ4v) is 4.76. The summed E-state index contributed by atoms with van der Waals surface area (Å²) >= 11 is 10.6. The first kappa shape index (κ1) is 28.1. The molecule has 1 saturated heterocycles. The van der Waals surface area contributed by atoms with Crippen molar-refractivity contribution in [3.05, 3.63) is 81.6 Å². The first-order valence-corrected chi connectivity index (χ1v) is 13.0. The van der Waals surface area contributed by atoms with Crippen LogP contribution in [0.2, 0.25) is 5.02 Å². The van der Waals surface area contributed by atoms with E-state index in [0.717, 1.165) is 23.2 Å². The van der Waals surface area contributed by atoms with Crippen LogP contribution in [0.3, 0.4) is 0 Å². The van der Waals surface area contributed by atoms with E-state index in [0.29, 0.717) is 41.5 Å². The largest absolute Gasteiger partial charge is 0.487 e. The Bertz CT molecular complexity index is 1320. The second kappa shape index (κ2) is 11.5. The van der Waals surface area contributed by atoms with Gasteiger partial charge in [0.05, 0.1) is 23.4 Å². The number of quaternary nitrogens is 1. The van der Waals surface area contributed by atoms with E-state index in [1.54, 1.807) is 12.3 Å². The molecule has 0 aliphatic carbocycles. The van der Waals surface area contributed by atoms with Crippen LogP contribution in [-0.2, 0) is 18.4 Å². The molecule has 1 unspecified atom stereocenters. The van der Waals surface area contributed by atoms with Crippen LogP contribution in [-0.4, -0.2) is 62.1 Å². The predicted molar refractivity (Wildman–Crippen MR) is 148 cm³/mol. The maximum atomic E-state index is 9.84. The molecule has 11 heteroatoms. The number of nitriles is 1. The summed E-state index contributed by atoms with van der Waals surface area (Å²) in [4.78, 5) is 10.5. The van der Waals surface area contributed by atoms with Gasteiger partial charge in [-0.05, 0) is 57.6 Å². The van der Waals surface area contributed by atoms with E-state index in [1.807, 2.05) is 36.4 Å². The van der Waals surface area contributed by atoms with E-state index in [-0.39, 0.29) is 18.7 Å². The third-order valence-electron chi connectivity index (χ3n) is 6.64. The number of halogens is 1. The van der Waals surface area contributed by atoms with Gasteiger partial charge in [0.15, 0.2) is 0 Å². The lowest BCUT2D eigenvalue weighted by atomic mass is 9.77. The zero-order valence-electron chi connectivity index (χ0n) is 21.6. The number of nitrogens with zero attached hydrogens (tertiary/aromatic N) is 5. The number of anilines is 1. The summed E-state index contributed by atoms with van der Waals surface area (Å²) in [5.74, 6) is 0.904. The molecule has 9 nitrogen and oxygen atoms in total. The summed E-state index contributed by atoms with van der Waals surface area (Å²) in [5, 5.41) is 29.6. The van der Waals surface area contributed by atoms with Gasteiger partial charge in [-0.1, -0.05) is 37.6 Å². The van der Waals surface area contributed by atoms with Crippen molar-refractivity contribution in [3.8, 4) is 11.8 Å². The maximum Gasteiger partial charge on any atom is 0.273 e. The topological polar surface area (TPSA) is 115 Å². The summed E-state index contributed by atoms with van der Waals surface area (Å²) in [6.07, 6.45) is 1.99. The smallest absolute Gasteiger partial charge is 0.273 e. The lowest BCUT2D eigenvalue weighted by Gasteiger charge is -2.36. The number of hydroxylamine groups is 1. The zero-order valence-corrected chi connectivity index (χ0v) is 23.2. The van der Waals surface area contributed by atoms with Crippen LogP contribution < -0.4 is 10.2 Å². The van der Waals surface area contributed by atoms with Crippen molar-refractivity contribution in [3.63, 3.8) is 0 Å². The summed E-state index contributed by atoms with van der Waals surface area (Å²) < 4.78 is 5.10. The molecule has 4 rings (SSSR count). The molecule has 0 amide bonds. The molecule has 2 aromatic carbocycles. The quantitative estimate of drug-likeness (QED) is 0.168. The van der Waals surface area contributed by atoms with Crippen molar-refractivity contribution >= 4 is 30.4 Å². The van der Waals surface area contributed by atoms with Gasteiger partial charge in [-0.15, -0.1) is 0 Å². The zero-order chi connectivity index (χ0) is 27.5. The first-order chi connectivity index (χ1) is 17.9. The number of aromatic nitrogens is 2. The Kier molecular flexibility index (Phi) is 8.47. The normalized spacial score (nSPS) is 15.8. The lowest BCUT2D eigenvalue weighted by Crippen LogP contribution is -2.51. The second-order valence-corrected chi connectivity index (χ2v) is 11.3. The fourth-order valence-electron chi connectivity index (χ4n) is 4.36. The molecule has 38 heavy (non-hydrogen) atoms. The van der Waals surface area contributed by atoms with Crippen molar-refractivity contribution < 1.29 is 19.2 Å². The van der Waals surface area contributed by atoms with Crippen molar-refractivity contribution in [1.29, 1.82) is 5.26 Å². The van der Waals surface area contributed by atoms with Crippen molar-refractivity contribution in [1.82, 2.24) is 14.9 Å². The number of thiol groups is 1. The molecule has 1 aliphatic rings. The highest BCUT2D eigenvalue weighted by Gasteiger charge is 2.27. The summed E-state index contributed by atoms with van der Waals surface area (Å²) in [7, 11) is 1.42. The lowest BCUT2D eigenvalue weighted by molar-refractivity contribution is -0.955. The minimum Gasteiger partial charge on any atom is -0.487 e. The molecule has 1 fully saturated rings. The molecule has 0 bridgehead atoms. The number of likely N-dealkylation sites (tertiary alicyclic amines) is 1. The number of benzene rings is 2. The number of hydrogen-bond acceptors (Lipinski definition) is 9. The molecule has 200 valence electrons. The number of aliphatic hydroxyl groups is 1. The average Bonchev–Trinajstić information content (AvgIpc) is 2.84. The molecule has 1 aromatic heterocycles. The molecule has 2 heterocycles. The first-order valence-electron chi connectivity index (χ1n) is 12.2. The van der Waals surface area contributed by atoms with Gasteiger partial charge in [-0.2, -0.15) is 15.9 Å². The third kappa shape index (κ3) is 6.94. The molecule has 0 spiro atoms. The van der Waals surface area contributed by atoms with Crippen LogP contribution in [0.4, 0.5) is 5.95 Å². The molecule has 1 aliphatic heterocycles. The number of hydrogen-bond donors (Lipinski definition) is 4. The standard InChI is InChI=1S/C27H32ClN6O3S/c1-27(2,20-12-18(14-29)24(25(28)13-20)9-11-33-15-22(35)16-33)19-4-6-23(7-5-19)37-17-21-8-10-30-26(31-21)32-34(3,36)38/h4-8,10,12-13,22,35-36,38H,9,11,15-17H2,1-3H3,(H,30,31,32)/q+1. The number of nitrogens with one attached hydrogen (secondary N) is 1. The average molecular weight is 556 g/mol. The van der Waals surface area contributed by atoms with E-state index >= 15 is 0 Å². The van der Waals surface area contributed by atoms with Crippen molar-refractivity contribution in [2.75, 3.05) is 32.1 Å². The van der Waals surface area contributed by atoms with E-state index in [4.69, 9.17) is 16.3 Å². The maximum absolute atomic E-state index is 9.84. The Morgan fingerprint density at radius 3 is 2.58 bits per heavy atom. The van der Waals surface area contributed by atoms with E-state index in [1.165, 1.54) is 7.05 Å². The predicted octanol–water partition coefficient (Wildman–Crippen LogP) is 4.13. The minimum atomic E-state index is -0.797. The monoisotopic (exact) mass is 555 g/mol. The Hall–Kier alpha value is -2.91. The minimum absolute atomic E-state index is 0.223. The highest BCUT2D eigenvalue weighted by atomic mass is 35.5. The summed E-state index contributed by atoms with van der Waals surface area (Å²) in [6, 6.07) is 15.7. The number of ether oxygens (including phenoxy) is 1. The highest BCUT2D eigenvalue weighted by Crippen LogP contribution is 2.36. The van der Waals surface area contributed by atoms with Gasteiger partial charge in [0.2, 0.25) is 0 Å². The molecular formula is C27H32ClN6O3S+. The van der Waals surface area contributed by atoms with Gasteiger partial charge in [0.1, 0.15) is 32.2 Å².